The van der Waals surface area contributed by atoms with Gasteiger partial charge in [-0.15, -0.1) is 0 Å². The molecule has 4 nitrogen and oxygen atoms in total. The quantitative estimate of drug-likeness (QED) is 0.752. The van der Waals surface area contributed by atoms with Gasteiger partial charge in [0.05, 0.1) is 5.56 Å². The van der Waals surface area contributed by atoms with E-state index in [1.54, 1.807) is 24.3 Å². The molecule has 0 radical (unpaired) electrons. The molecule has 0 saturated carbocycles. The summed E-state index contributed by atoms with van der Waals surface area (Å²) in [6, 6.07) is 13.5. The summed E-state index contributed by atoms with van der Waals surface area (Å²) in [6.07, 6.45) is 0. The molecule has 0 atom stereocenters. The van der Waals surface area contributed by atoms with Crippen molar-refractivity contribution < 1.29 is 9.90 Å². The van der Waals surface area contributed by atoms with Crippen molar-refractivity contribution in [1.29, 1.82) is 0 Å². The molecule has 0 fully saturated rings. The Morgan fingerprint density at radius 2 is 1.40 bits per heavy atom. The Hall–Kier alpha value is -2.11. The summed E-state index contributed by atoms with van der Waals surface area (Å²) < 4.78 is 0. The number of carbonyl (C=O) groups is 1. The van der Waals surface area contributed by atoms with Crippen LogP contribution >= 0.6 is 23.8 Å². The molecule has 0 amide bonds. The highest BCUT2D eigenvalue weighted by atomic mass is 35.5. The molecule has 3 N–H and O–H groups in total. The predicted octanol–water partition coefficient (Wildman–Crippen LogP) is 3.85. The highest BCUT2D eigenvalue weighted by Gasteiger charge is 2.03. The molecule has 6 heteroatoms. The van der Waals surface area contributed by atoms with E-state index >= 15 is 0 Å². The standard InChI is InChI=1S/C14H11ClN2O2S/c15-10-3-7-12(8-4-10)17-14(20)16-11-5-1-9(2-6-11)13(18)19/h1-8H,(H,18,19)(H2,16,17,20). The molecule has 0 aromatic heterocycles. The zero-order valence-electron chi connectivity index (χ0n) is 10.3. The minimum absolute atomic E-state index is 0.229. The molecule has 20 heavy (non-hydrogen) atoms. The number of nitrogens with one attached hydrogen (secondary N) is 2. The summed E-state index contributed by atoms with van der Waals surface area (Å²) in [5.74, 6) is -0.960. The Labute approximate surface area is 126 Å². The lowest BCUT2D eigenvalue weighted by Crippen LogP contribution is -2.19. The van der Waals surface area contributed by atoms with Crippen LogP contribution in [-0.4, -0.2) is 16.2 Å². The van der Waals surface area contributed by atoms with Crippen LogP contribution in [0.25, 0.3) is 0 Å². The van der Waals surface area contributed by atoms with Crippen LogP contribution in [0.4, 0.5) is 11.4 Å². The number of carboxylic acids is 1. The van der Waals surface area contributed by atoms with Gasteiger partial charge in [0.1, 0.15) is 0 Å². The van der Waals surface area contributed by atoms with Crippen LogP contribution < -0.4 is 10.6 Å². The fraction of sp³-hybridized carbons (Fsp3) is 0. The van der Waals surface area contributed by atoms with Crippen LogP contribution in [0.5, 0.6) is 0 Å². The first kappa shape index (κ1) is 14.3. The zero-order chi connectivity index (χ0) is 14.5. The second kappa shape index (κ2) is 6.36. The van der Waals surface area contributed by atoms with Crippen molar-refractivity contribution in [3.05, 3.63) is 59.1 Å². The maximum atomic E-state index is 10.7. The lowest BCUT2D eigenvalue weighted by molar-refractivity contribution is 0.0697. The number of carboxylic acid groups (broad SMARTS) is 1. The molecule has 102 valence electrons. The minimum Gasteiger partial charge on any atom is -0.478 e. The van der Waals surface area contributed by atoms with E-state index in [-0.39, 0.29) is 5.56 Å². The molecule has 0 unspecified atom stereocenters. The van der Waals surface area contributed by atoms with Gasteiger partial charge in [-0.1, -0.05) is 11.6 Å². The summed E-state index contributed by atoms with van der Waals surface area (Å²) >= 11 is 11.0. The molecule has 0 bridgehead atoms. The molecule has 2 aromatic rings. The van der Waals surface area contributed by atoms with Gasteiger partial charge in [-0.3, -0.25) is 0 Å². The van der Waals surface area contributed by atoms with Gasteiger partial charge in [-0.05, 0) is 60.7 Å². The van der Waals surface area contributed by atoms with Crippen molar-refractivity contribution in [2.24, 2.45) is 0 Å². The van der Waals surface area contributed by atoms with Gasteiger partial charge in [0.15, 0.2) is 5.11 Å². The largest absolute Gasteiger partial charge is 0.478 e. The molecular weight excluding hydrogens is 296 g/mol. The minimum atomic E-state index is -0.960. The molecule has 0 aliphatic carbocycles. The SMILES string of the molecule is O=C(O)c1ccc(NC(=S)Nc2ccc(Cl)cc2)cc1. The normalized spacial score (nSPS) is 9.85. The maximum Gasteiger partial charge on any atom is 0.335 e. The highest BCUT2D eigenvalue weighted by Crippen LogP contribution is 2.14. The Balaban J connectivity index is 1.97. The van der Waals surface area contributed by atoms with Gasteiger partial charge in [0.25, 0.3) is 0 Å². The maximum absolute atomic E-state index is 10.7. The molecular formula is C14H11ClN2O2S. The molecule has 0 spiro atoms. The molecule has 0 saturated heterocycles. The summed E-state index contributed by atoms with van der Waals surface area (Å²) in [5.41, 5.74) is 1.75. The first-order valence-electron chi connectivity index (χ1n) is 5.71. The first-order chi connectivity index (χ1) is 9.54. The topological polar surface area (TPSA) is 61.4 Å². The van der Waals surface area contributed by atoms with Crippen LogP contribution in [0.15, 0.2) is 48.5 Å². The van der Waals surface area contributed by atoms with E-state index in [2.05, 4.69) is 10.6 Å². The van der Waals surface area contributed by atoms with E-state index in [9.17, 15) is 4.79 Å². The van der Waals surface area contributed by atoms with E-state index in [4.69, 9.17) is 28.9 Å². The van der Waals surface area contributed by atoms with Crippen molar-refractivity contribution in [1.82, 2.24) is 0 Å². The number of aromatic carboxylic acids is 1. The molecule has 2 aromatic carbocycles. The van der Waals surface area contributed by atoms with E-state index in [0.29, 0.717) is 15.8 Å². The number of hydrogen-bond acceptors (Lipinski definition) is 2. The van der Waals surface area contributed by atoms with Crippen molar-refractivity contribution in [3.63, 3.8) is 0 Å². The Morgan fingerprint density at radius 1 is 0.950 bits per heavy atom. The fourth-order valence-electron chi connectivity index (χ4n) is 1.52. The smallest absolute Gasteiger partial charge is 0.335 e. The van der Waals surface area contributed by atoms with Crippen LogP contribution in [0, 0.1) is 0 Å². The van der Waals surface area contributed by atoms with Gasteiger partial charge in [0, 0.05) is 16.4 Å². The summed E-state index contributed by atoms with van der Waals surface area (Å²) in [6.45, 7) is 0. The number of anilines is 2. The third-order valence-electron chi connectivity index (χ3n) is 2.49. The number of benzene rings is 2. The van der Waals surface area contributed by atoms with Crippen LogP contribution in [-0.2, 0) is 0 Å². The van der Waals surface area contributed by atoms with Gasteiger partial charge in [-0.2, -0.15) is 0 Å². The number of hydrogen-bond donors (Lipinski definition) is 3. The zero-order valence-corrected chi connectivity index (χ0v) is 11.8. The van der Waals surface area contributed by atoms with Gasteiger partial charge < -0.3 is 15.7 Å². The first-order valence-corrected chi connectivity index (χ1v) is 6.50. The van der Waals surface area contributed by atoms with Crippen LogP contribution in [0.3, 0.4) is 0 Å². The fourth-order valence-corrected chi connectivity index (χ4v) is 1.88. The van der Waals surface area contributed by atoms with Crippen LogP contribution in [0.1, 0.15) is 10.4 Å². The van der Waals surface area contributed by atoms with Crippen molar-refractivity contribution in [2.45, 2.75) is 0 Å². The molecule has 0 aliphatic heterocycles. The second-order valence-electron chi connectivity index (χ2n) is 3.97. The molecule has 2 rings (SSSR count). The predicted molar refractivity (Wildman–Crippen MR) is 84.7 cm³/mol. The number of rotatable bonds is 3. The average molecular weight is 307 g/mol. The van der Waals surface area contributed by atoms with E-state index in [1.165, 1.54) is 12.1 Å². The monoisotopic (exact) mass is 306 g/mol. The summed E-state index contributed by atoms with van der Waals surface area (Å²) in [7, 11) is 0. The van der Waals surface area contributed by atoms with E-state index in [0.717, 1.165) is 5.69 Å². The summed E-state index contributed by atoms with van der Waals surface area (Å²) in [4.78, 5) is 10.7. The Morgan fingerprint density at radius 3 is 1.85 bits per heavy atom. The lowest BCUT2D eigenvalue weighted by Gasteiger charge is -2.10. The van der Waals surface area contributed by atoms with Gasteiger partial charge in [0.2, 0.25) is 0 Å². The van der Waals surface area contributed by atoms with Crippen molar-refractivity contribution in [2.75, 3.05) is 10.6 Å². The third kappa shape index (κ3) is 3.94. The number of halogens is 1. The molecule has 0 aliphatic rings. The van der Waals surface area contributed by atoms with Gasteiger partial charge >= 0.3 is 5.97 Å². The van der Waals surface area contributed by atoms with E-state index in [1.807, 2.05) is 12.1 Å². The van der Waals surface area contributed by atoms with Crippen molar-refractivity contribution >= 4 is 46.3 Å². The van der Waals surface area contributed by atoms with Gasteiger partial charge in [-0.25, -0.2) is 4.79 Å². The Kier molecular flexibility index (Phi) is 4.55. The van der Waals surface area contributed by atoms with E-state index < -0.39 is 5.97 Å². The number of thiocarbonyl (C=S) groups is 1. The highest BCUT2D eigenvalue weighted by molar-refractivity contribution is 7.80. The summed E-state index contributed by atoms with van der Waals surface area (Å²) in [5, 5.41) is 15.8. The third-order valence-corrected chi connectivity index (χ3v) is 2.95. The Bertz CT molecular complexity index is 627. The molecule has 0 heterocycles. The van der Waals surface area contributed by atoms with Crippen LogP contribution in [0.2, 0.25) is 5.02 Å². The van der Waals surface area contributed by atoms with Crippen molar-refractivity contribution in [3.8, 4) is 0 Å². The second-order valence-corrected chi connectivity index (χ2v) is 4.81. The average Bonchev–Trinajstić information content (AvgIpc) is 2.42. The lowest BCUT2D eigenvalue weighted by atomic mass is 10.2.